The van der Waals surface area contributed by atoms with E-state index in [-0.39, 0.29) is 12.0 Å². The van der Waals surface area contributed by atoms with Crippen molar-refractivity contribution >= 4 is 5.91 Å². The summed E-state index contributed by atoms with van der Waals surface area (Å²) in [6.07, 6.45) is 5.90. The first-order valence-corrected chi connectivity index (χ1v) is 6.39. The predicted octanol–water partition coefficient (Wildman–Crippen LogP) is 0.487. The molecule has 0 aromatic rings. The smallest absolute Gasteiger partial charge is 0.218 e. The van der Waals surface area contributed by atoms with Gasteiger partial charge in [-0.3, -0.25) is 9.69 Å². The van der Waals surface area contributed by atoms with Crippen molar-refractivity contribution in [3.05, 3.63) is 0 Å². The van der Waals surface area contributed by atoms with Gasteiger partial charge in [-0.25, -0.2) is 0 Å². The summed E-state index contributed by atoms with van der Waals surface area (Å²) in [6.45, 7) is 1.82. The van der Waals surface area contributed by atoms with Crippen molar-refractivity contribution in [3.8, 4) is 0 Å². The Hall–Kier alpha value is -0.610. The summed E-state index contributed by atoms with van der Waals surface area (Å²) in [7, 11) is 0. The molecule has 3 atom stereocenters. The molecule has 0 spiro atoms. The van der Waals surface area contributed by atoms with E-state index >= 15 is 0 Å². The van der Waals surface area contributed by atoms with Crippen molar-refractivity contribution in [1.82, 2.24) is 4.90 Å². The van der Waals surface area contributed by atoms with Crippen LogP contribution < -0.4 is 5.73 Å². The van der Waals surface area contributed by atoms with E-state index in [0.717, 1.165) is 32.4 Å². The van der Waals surface area contributed by atoms with Crippen LogP contribution in [0, 0.1) is 5.92 Å². The molecule has 1 aliphatic carbocycles. The average molecular weight is 226 g/mol. The van der Waals surface area contributed by atoms with E-state index in [1.165, 1.54) is 12.8 Å². The number of amides is 1. The zero-order valence-electron chi connectivity index (χ0n) is 9.77. The summed E-state index contributed by atoms with van der Waals surface area (Å²) >= 11 is 0. The van der Waals surface area contributed by atoms with Crippen molar-refractivity contribution in [3.63, 3.8) is 0 Å². The van der Waals surface area contributed by atoms with Gasteiger partial charge in [0.25, 0.3) is 0 Å². The van der Waals surface area contributed by atoms with Crippen molar-refractivity contribution in [1.29, 1.82) is 0 Å². The Bertz CT molecular complexity index is 257. The van der Waals surface area contributed by atoms with Gasteiger partial charge in [0.2, 0.25) is 5.91 Å². The van der Waals surface area contributed by atoms with E-state index in [1.54, 1.807) is 0 Å². The molecule has 2 fully saturated rings. The maximum Gasteiger partial charge on any atom is 0.218 e. The minimum Gasteiger partial charge on any atom is -0.393 e. The fraction of sp³-hybridized carbons (Fsp3) is 0.917. The van der Waals surface area contributed by atoms with Crippen molar-refractivity contribution in [2.24, 2.45) is 11.7 Å². The lowest BCUT2D eigenvalue weighted by Crippen LogP contribution is -2.40. The van der Waals surface area contributed by atoms with Gasteiger partial charge in [0, 0.05) is 24.9 Å². The van der Waals surface area contributed by atoms with E-state index in [4.69, 9.17) is 5.73 Å². The topological polar surface area (TPSA) is 66.6 Å². The lowest BCUT2D eigenvalue weighted by atomic mass is 9.94. The van der Waals surface area contributed by atoms with Crippen LogP contribution in [0.15, 0.2) is 0 Å². The number of hydrogen-bond acceptors (Lipinski definition) is 3. The third kappa shape index (κ3) is 2.55. The minimum atomic E-state index is -0.224. The predicted molar refractivity (Wildman–Crippen MR) is 61.8 cm³/mol. The van der Waals surface area contributed by atoms with Crippen LogP contribution in [-0.4, -0.2) is 41.1 Å². The second-order valence-electron chi connectivity index (χ2n) is 5.12. The molecule has 1 aliphatic heterocycles. The number of hydrogen-bond donors (Lipinski definition) is 2. The maximum absolute atomic E-state index is 10.8. The van der Waals surface area contributed by atoms with Crippen LogP contribution in [0.3, 0.4) is 0 Å². The number of rotatable bonds is 4. The highest BCUT2D eigenvalue weighted by Gasteiger charge is 2.37. The summed E-state index contributed by atoms with van der Waals surface area (Å²) in [5.41, 5.74) is 5.18. The molecule has 3 unspecified atom stereocenters. The molecule has 1 saturated heterocycles. The normalized spacial score (nSPS) is 35.7. The fourth-order valence-electron chi connectivity index (χ4n) is 3.29. The Balaban J connectivity index is 1.89. The number of nitrogens with zero attached hydrogens (tertiary/aromatic N) is 1. The summed E-state index contributed by atoms with van der Waals surface area (Å²) in [4.78, 5) is 13.1. The lowest BCUT2D eigenvalue weighted by Gasteiger charge is -2.30. The Morgan fingerprint density at radius 1 is 1.31 bits per heavy atom. The third-order valence-corrected chi connectivity index (χ3v) is 4.09. The van der Waals surface area contributed by atoms with Gasteiger partial charge in [0.1, 0.15) is 0 Å². The first kappa shape index (κ1) is 11.9. The second kappa shape index (κ2) is 5.15. The average Bonchev–Trinajstić information content (AvgIpc) is 2.82. The number of carbonyl (C=O) groups is 1. The molecule has 4 nitrogen and oxygen atoms in total. The molecular formula is C12H22N2O2. The number of nitrogens with two attached hydrogens (primary N) is 1. The van der Waals surface area contributed by atoms with Gasteiger partial charge < -0.3 is 10.8 Å². The Morgan fingerprint density at radius 2 is 2.12 bits per heavy atom. The van der Waals surface area contributed by atoms with Gasteiger partial charge in [-0.1, -0.05) is 6.42 Å². The largest absolute Gasteiger partial charge is 0.393 e. The number of primary amides is 1. The molecule has 0 radical (unpaired) electrons. The Morgan fingerprint density at radius 3 is 2.75 bits per heavy atom. The molecule has 2 aliphatic rings. The van der Waals surface area contributed by atoms with Gasteiger partial charge in [0.15, 0.2) is 0 Å². The van der Waals surface area contributed by atoms with Gasteiger partial charge in [-0.05, 0) is 32.2 Å². The zero-order valence-corrected chi connectivity index (χ0v) is 9.77. The summed E-state index contributed by atoms with van der Waals surface area (Å²) in [5, 5.41) is 9.93. The van der Waals surface area contributed by atoms with Crippen LogP contribution in [0.25, 0.3) is 0 Å². The molecule has 2 rings (SSSR count). The standard InChI is InChI=1S/C12H22N2O2/c13-12(16)6-8-14-7-2-4-10(14)9-3-1-5-11(9)15/h9-11,15H,1-8H2,(H2,13,16). The SMILES string of the molecule is NC(=O)CCN1CCCC1C1CCCC1O. The molecule has 4 heteroatoms. The quantitative estimate of drug-likeness (QED) is 0.733. The highest BCUT2D eigenvalue weighted by molar-refractivity contribution is 5.73. The third-order valence-electron chi connectivity index (χ3n) is 4.09. The zero-order chi connectivity index (χ0) is 11.5. The molecule has 1 heterocycles. The minimum absolute atomic E-state index is 0.126. The van der Waals surface area contributed by atoms with Gasteiger partial charge >= 0.3 is 0 Å². The van der Waals surface area contributed by atoms with E-state index in [9.17, 15) is 9.90 Å². The van der Waals surface area contributed by atoms with Gasteiger partial charge in [0.05, 0.1) is 6.10 Å². The monoisotopic (exact) mass is 226 g/mol. The van der Waals surface area contributed by atoms with Gasteiger partial charge in [-0.2, -0.15) is 0 Å². The van der Waals surface area contributed by atoms with E-state index in [2.05, 4.69) is 4.90 Å². The molecule has 1 saturated carbocycles. The molecule has 3 N–H and O–H groups in total. The van der Waals surface area contributed by atoms with Crippen LogP contribution in [-0.2, 0) is 4.79 Å². The first-order valence-electron chi connectivity index (χ1n) is 6.39. The summed E-state index contributed by atoms with van der Waals surface area (Å²) < 4.78 is 0. The molecule has 0 aromatic carbocycles. The van der Waals surface area contributed by atoms with Crippen molar-refractivity contribution in [2.45, 2.75) is 50.7 Å². The molecule has 16 heavy (non-hydrogen) atoms. The molecular weight excluding hydrogens is 204 g/mol. The molecule has 1 amide bonds. The molecule has 0 bridgehead atoms. The fourth-order valence-corrected chi connectivity index (χ4v) is 3.29. The van der Waals surface area contributed by atoms with Crippen LogP contribution >= 0.6 is 0 Å². The summed E-state index contributed by atoms with van der Waals surface area (Å²) in [6, 6.07) is 0.483. The van der Waals surface area contributed by atoms with E-state index in [0.29, 0.717) is 18.4 Å². The highest BCUT2D eigenvalue weighted by Crippen LogP contribution is 2.35. The van der Waals surface area contributed by atoms with Crippen LogP contribution in [0.5, 0.6) is 0 Å². The van der Waals surface area contributed by atoms with E-state index in [1.807, 2.05) is 0 Å². The second-order valence-corrected chi connectivity index (χ2v) is 5.12. The number of aliphatic hydroxyl groups excluding tert-OH is 1. The summed E-state index contributed by atoms with van der Waals surface area (Å²) in [5.74, 6) is 0.202. The molecule has 0 aromatic heterocycles. The highest BCUT2D eigenvalue weighted by atomic mass is 16.3. The van der Waals surface area contributed by atoms with Crippen LogP contribution in [0.1, 0.15) is 38.5 Å². The molecule has 92 valence electrons. The van der Waals surface area contributed by atoms with Gasteiger partial charge in [-0.15, -0.1) is 0 Å². The lowest BCUT2D eigenvalue weighted by molar-refractivity contribution is -0.118. The Labute approximate surface area is 96.8 Å². The Kier molecular flexibility index (Phi) is 3.82. The number of likely N-dealkylation sites (tertiary alicyclic amines) is 1. The van der Waals surface area contributed by atoms with Crippen LogP contribution in [0.4, 0.5) is 0 Å². The van der Waals surface area contributed by atoms with Crippen molar-refractivity contribution < 1.29 is 9.90 Å². The van der Waals surface area contributed by atoms with Crippen LogP contribution in [0.2, 0.25) is 0 Å². The number of carbonyl (C=O) groups excluding carboxylic acids is 1. The van der Waals surface area contributed by atoms with Crippen molar-refractivity contribution in [2.75, 3.05) is 13.1 Å². The first-order chi connectivity index (χ1) is 7.68. The van der Waals surface area contributed by atoms with E-state index < -0.39 is 0 Å². The number of aliphatic hydroxyl groups is 1. The maximum atomic E-state index is 10.8.